The Kier molecular flexibility index (Phi) is 7.31. The molecular formula is C21H30O. The first-order valence-electron chi connectivity index (χ1n) is 8.22. The lowest BCUT2D eigenvalue weighted by Crippen LogP contribution is -2.07. The molecule has 0 aromatic carbocycles. The molecular weight excluding hydrogens is 268 g/mol. The van der Waals surface area contributed by atoms with Crippen molar-refractivity contribution in [3.8, 4) is 0 Å². The molecule has 0 unspecified atom stereocenters. The Balaban J connectivity index is 2.95. The van der Waals surface area contributed by atoms with Crippen LogP contribution in [0, 0.1) is 5.41 Å². The molecule has 0 aromatic heterocycles. The van der Waals surface area contributed by atoms with Crippen molar-refractivity contribution in [1.29, 1.82) is 0 Å². The van der Waals surface area contributed by atoms with E-state index in [4.69, 9.17) is 0 Å². The van der Waals surface area contributed by atoms with Gasteiger partial charge in [-0.05, 0) is 67.7 Å². The van der Waals surface area contributed by atoms with Crippen LogP contribution in [-0.2, 0) is 4.79 Å². The van der Waals surface area contributed by atoms with E-state index >= 15 is 0 Å². The monoisotopic (exact) mass is 298 g/mol. The molecule has 0 N–H and O–H groups in total. The van der Waals surface area contributed by atoms with Gasteiger partial charge in [0, 0.05) is 0 Å². The number of carbonyl (C=O) groups is 1. The van der Waals surface area contributed by atoms with Gasteiger partial charge in [-0.2, -0.15) is 0 Å². The van der Waals surface area contributed by atoms with E-state index < -0.39 is 0 Å². The smallest absolute Gasteiger partial charge is 0.143 e. The summed E-state index contributed by atoms with van der Waals surface area (Å²) in [5.41, 5.74) is 5.41. The minimum absolute atomic E-state index is 0.103. The molecule has 0 aliphatic heterocycles. The Bertz CT molecular complexity index is 531. The molecule has 0 aromatic rings. The lowest BCUT2D eigenvalue weighted by atomic mass is 9.84. The van der Waals surface area contributed by atoms with Crippen molar-refractivity contribution >= 4 is 6.29 Å². The SMILES string of the molecule is CC(C=CC=C(C=CC1=C(C)CCCC1)C(C)(C)C)=CC=O. The Morgan fingerprint density at radius 2 is 1.73 bits per heavy atom. The van der Waals surface area contributed by atoms with Gasteiger partial charge in [-0.3, -0.25) is 4.79 Å². The third-order valence-corrected chi connectivity index (χ3v) is 4.09. The summed E-state index contributed by atoms with van der Waals surface area (Å²) in [6.07, 6.45) is 18.2. The first kappa shape index (κ1) is 18.4. The summed E-state index contributed by atoms with van der Waals surface area (Å²) in [6, 6.07) is 0. The molecule has 1 aliphatic rings. The second-order valence-electron chi connectivity index (χ2n) is 7.12. The lowest BCUT2D eigenvalue weighted by Gasteiger charge is -2.21. The van der Waals surface area contributed by atoms with Gasteiger partial charge in [-0.25, -0.2) is 0 Å². The normalized spacial score (nSPS) is 18.6. The number of carbonyl (C=O) groups excluding carboxylic acids is 1. The van der Waals surface area contributed by atoms with Gasteiger partial charge in [-0.15, -0.1) is 0 Å². The second-order valence-corrected chi connectivity index (χ2v) is 7.12. The van der Waals surface area contributed by atoms with Crippen LogP contribution in [-0.4, -0.2) is 6.29 Å². The summed E-state index contributed by atoms with van der Waals surface area (Å²) >= 11 is 0. The zero-order valence-corrected chi connectivity index (χ0v) is 14.8. The van der Waals surface area contributed by atoms with Crippen molar-refractivity contribution < 1.29 is 4.79 Å². The fourth-order valence-electron chi connectivity index (χ4n) is 2.52. The van der Waals surface area contributed by atoms with Gasteiger partial charge in [0.25, 0.3) is 0 Å². The number of aldehydes is 1. The highest BCUT2D eigenvalue weighted by Gasteiger charge is 2.14. The second kappa shape index (κ2) is 8.73. The van der Waals surface area contributed by atoms with Gasteiger partial charge in [0.15, 0.2) is 0 Å². The molecule has 0 radical (unpaired) electrons. The van der Waals surface area contributed by atoms with Crippen LogP contribution in [0.2, 0.25) is 0 Å². The molecule has 0 saturated carbocycles. The molecule has 0 heterocycles. The standard InChI is InChI=1S/C21H30O/c1-17(15-16-22)9-8-12-20(21(3,4)5)14-13-19-11-7-6-10-18(19)2/h8-9,12-16H,6-7,10-11H2,1-5H3. The van der Waals surface area contributed by atoms with Crippen LogP contribution in [0.25, 0.3) is 0 Å². The Morgan fingerprint density at radius 3 is 2.32 bits per heavy atom. The molecule has 0 amide bonds. The van der Waals surface area contributed by atoms with Crippen LogP contribution in [0.15, 0.2) is 58.7 Å². The van der Waals surface area contributed by atoms with Crippen LogP contribution >= 0.6 is 0 Å². The van der Waals surface area contributed by atoms with E-state index in [0.717, 1.165) is 11.9 Å². The van der Waals surface area contributed by atoms with Crippen molar-refractivity contribution in [1.82, 2.24) is 0 Å². The van der Waals surface area contributed by atoms with Gasteiger partial charge in [0.2, 0.25) is 0 Å². The van der Waals surface area contributed by atoms with Gasteiger partial charge >= 0.3 is 0 Å². The maximum Gasteiger partial charge on any atom is 0.143 e. The van der Waals surface area contributed by atoms with E-state index in [1.807, 2.05) is 19.1 Å². The van der Waals surface area contributed by atoms with Crippen LogP contribution in [0.1, 0.15) is 60.3 Å². The van der Waals surface area contributed by atoms with Crippen LogP contribution < -0.4 is 0 Å². The van der Waals surface area contributed by atoms with E-state index in [0.29, 0.717) is 0 Å². The molecule has 1 nitrogen and oxygen atoms in total. The average molecular weight is 298 g/mol. The van der Waals surface area contributed by atoms with E-state index in [-0.39, 0.29) is 5.41 Å². The van der Waals surface area contributed by atoms with E-state index in [9.17, 15) is 4.79 Å². The fourth-order valence-corrected chi connectivity index (χ4v) is 2.52. The molecule has 22 heavy (non-hydrogen) atoms. The first-order valence-corrected chi connectivity index (χ1v) is 8.22. The molecule has 0 bridgehead atoms. The van der Waals surface area contributed by atoms with Crippen LogP contribution in [0.5, 0.6) is 0 Å². The zero-order valence-electron chi connectivity index (χ0n) is 14.8. The molecule has 1 heteroatoms. The highest BCUT2D eigenvalue weighted by atomic mass is 16.1. The van der Waals surface area contributed by atoms with Crippen LogP contribution in [0.4, 0.5) is 0 Å². The molecule has 1 rings (SSSR count). The largest absolute Gasteiger partial charge is 0.299 e. The molecule has 1 aliphatic carbocycles. The molecule has 0 fully saturated rings. The minimum Gasteiger partial charge on any atom is -0.299 e. The van der Waals surface area contributed by atoms with Crippen LogP contribution in [0.3, 0.4) is 0 Å². The van der Waals surface area contributed by atoms with E-state index in [1.165, 1.54) is 42.4 Å². The summed E-state index contributed by atoms with van der Waals surface area (Å²) in [4.78, 5) is 10.4. The predicted molar refractivity (Wildman–Crippen MR) is 96.8 cm³/mol. The number of hydrogen-bond acceptors (Lipinski definition) is 1. The molecule has 0 atom stereocenters. The maximum absolute atomic E-state index is 10.4. The molecule has 0 saturated heterocycles. The average Bonchev–Trinajstić information content (AvgIpc) is 2.43. The Labute approximate surface area is 136 Å². The quantitative estimate of drug-likeness (QED) is 0.340. The van der Waals surface area contributed by atoms with Crippen molar-refractivity contribution in [2.75, 3.05) is 0 Å². The number of rotatable bonds is 5. The number of hydrogen-bond donors (Lipinski definition) is 0. The van der Waals surface area contributed by atoms with Gasteiger partial charge in [0.05, 0.1) is 0 Å². The highest BCUT2D eigenvalue weighted by molar-refractivity contribution is 5.66. The van der Waals surface area contributed by atoms with E-state index in [2.05, 4.69) is 45.9 Å². The van der Waals surface area contributed by atoms with Gasteiger partial charge in [0.1, 0.15) is 6.29 Å². The van der Waals surface area contributed by atoms with Crippen molar-refractivity contribution in [2.24, 2.45) is 5.41 Å². The summed E-state index contributed by atoms with van der Waals surface area (Å²) in [5, 5.41) is 0. The van der Waals surface area contributed by atoms with E-state index in [1.54, 1.807) is 6.08 Å². The van der Waals surface area contributed by atoms with Crippen molar-refractivity contribution in [3.05, 3.63) is 58.7 Å². The van der Waals surface area contributed by atoms with Crippen molar-refractivity contribution in [3.63, 3.8) is 0 Å². The minimum atomic E-state index is 0.103. The summed E-state index contributed by atoms with van der Waals surface area (Å²) in [7, 11) is 0. The molecule has 120 valence electrons. The Morgan fingerprint density at radius 1 is 1.05 bits per heavy atom. The predicted octanol–water partition coefficient (Wildman–Crippen LogP) is 6.11. The Hall–Kier alpha value is -1.63. The number of allylic oxidation sites excluding steroid dienone is 10. The summed E-state index contributed by atoms with van der Waals surface area (Å²) < 4.78 is 0. The third-order valence-electron chi connectivity index (χ3n) is 4.09. The first-order chi connectivity index (χ1) is 10.3. The maximum atomic E-state index is 10.4. The highest BCUT2D eigenvalue weighted by Crippen LogP contribution is 2.29. The third kappa shape index (κ3) is 6.43. The molecule has 0 spiro atoms. The lowest BCUT2D eigenvalue weighted by molar-refractivity contribution is -0.104. The zero-order chi connectivity index (χ0) is 16.6. The topological polar surface area (TPSA) is 17.1 Å². The fraction of sp³-hybridized carbons (Fsp3) is 0.476. The van der Waals surface area contributed by atoms with Crippen molar-refractivity contribution in [2.45, 2.75) is 60.3 Å². The summed E-state index contributed by atoms with van der Waals surface area (Å²) in [6.45, 7) is 10.9. The van der Waals surface area contributed by atoms with Gasteiger partial charge < -0.3 is 0 Å². The summed E-state index contributed by atoms with van der Waals surface area (Å²) in [5.74, 6) is 0. The van der Waals surface area contributed by atoms with Gasteiger partial charge in [-0.1, -0.05) is 56.7 Å².